The van der Waals surface area contributed by atoms with E-state index in [0.29, 0.717) is 13.0 Å². The molecule has 0 aliphatic carbocycles. The molecule has 4 nitrogen and oxygen atoms in total. The molecule has 1 heterocycles. The number of nitrogens with one attached hydrogen (secondary N) is 1. The number of allylic oxidation sites excluding steroid dienone is 1. The first-order chi connectivity index (χ1) is 12.3. The van der Waals surface area contributed by atoms with E-state index >= 15 is 0 Å². The summed E-state index contributed by atoms with van der Waals surface area (Å²) in [7, 11) is 0. The molecule has 26 heavy (non-hydrogen) atoms. The maximum absolute atomic E-state index is 13.7. The van der Waals surface area contributed by atoms with E-state index in [-0.39, 0.29) is 29.3 Å². The fraction of sp³-hybridized carbons (Fsp3) is 0.400. The average molecular weight is 362 g/mol. The van der Waals surface area contributed by atoms with Crippen LogP contribution in [-0.4, -0.2) is 35.3 Å². The highest BCUT2D eigenvalue weighted by Crippen LogP contribution is 2.18. The van der Waals surface area contributed by atoms with Crippen LogP contribution in [-0.2, 0) is 9.59 Å². The zero-order valence-corrected chi connectivity index (χ0v) is 15.2. The van der Waals surface area contributed by atoms with Gasteiger partial charge in [0, 0.05) is 24.3 Å². The van der Waals surface area contributed by atoms with Crippen molar-refractivity contribution in [3.63, 3.8) is 0 Å². The van der Waals surface area contributed by atoms with Crippen molar-refractivity contribution < 1.29 is 18.4 Å². The largest absolute Gasteiger partial charge is 0.346 e. The van der Waals surface area contributed by atoms with Gasteiger partial charge in [0.05, 0.1) is 6.04 Å². The van der Waals surface area contributed by atoms with Gasteiger partial charge in [-0.05, 0) is 37.5 Å². The van der Waals surface area contributed by atoms with Crippen LogP contribution in [0.25, 0.3) is 6.08 Å². The second kappa shape index (κ2) is 8.74. The Morgan fingerprint density at radius 1 is 1.38 bits per heavy atom. The molecular weight excluding hydrogens is 338 g/mol. The number of hydrogen-bond acceptors (Lipinski definition) is 2. The Kier molecular flexibility index (Phi) is 6.66. The average Bonchev–Trinajstić information content (AvgIpc) is 2.56. The minimum atomic E-state index is -0.740. The van der Waals surface area contributed by atoms with Crippen LogP contribution in [0.1, 0.15) is 32.8 Å². The van der Waals surface area contributed by atoms with E-state index < -0.39 is 17.7 Å². The van der Waals surface area contributed by atoms with Gasteiger partial charge >= 0.3 is 0 Å². The second-order valence-corrected chi connectivity index (χ2v) is 6.78. The van der Waals surface area contributed by atoms with E-state index in [2.05, 4.69) is 5.32 Å². The number of nitrogens with zero attached hydrogens (tertiary/aromatic N) is 1. The highest BCUT2D eigenvalue weighted by molar-refractivity contribution is 5.96. The summed E-state index contributed by atoms with van der Waals surface area (Å²) in [4.78, 5) is 26.6. The van der Waals surface area contributed by atoms with Crippen molar-refractivity contribution in [1.82, 2.24) is 10.2 Å². The third-order valence-corrected chi connectivity index (χ3v) is 4.17. The molecule has 0 unspecified atom stereocenters. The first kappa shape index (κ1) is 19.8. The van der Waals surface area contributed by atoms with Crippen molar-refractivity contribution in [2.75, 3.05) is 6.54 Å². The molecule has 2 atom stereocenters. The summed E-state index contributed by atoms with van der Waals surface area (Å²) in [6.45, 7) is 6.16. The van der Waals surface area contributed by atoms with Crippen molar-refractivity contribution in [3.8, 4) is 0 Å². The Labute approximate surface area is 152 Å². The SMILES string of the molecule is C/C=C/[C@H]1CN(C(=O)/C=C/c2ccc(F)cc2F)[C@@H](CC(C)C)C(=O)N1. The van der Waals surface area contributed by atoms with Crippen LogP contribution in [0, 0.1) is 17.6 Å². The molecule has 1 aliphatic rings. The summed E-state index contributed by atoms with van der Waals surface area (Å²) in [6.07, 6.45) is 6.72. The lowest BCUT2D eigenvalue weighted by Gasteiger charge is -2.38. The number of piperazine rings is 1. The van der Waals surface area contributed by atoms with Crippen molar-refractivity contribution >= 4 is 17.9 Å². The van der Waals surface area contributed by atoms with E-state index in [1.165, 1.54) is 23.1 Å². The molecule has 1 fully saturated rings. The molecule has 140 valence electrons. The predicted octanol–water partition coefficient (Wildman–Crippen LogP) is 3.30. The van der Waals surface area contributed by atoms with Gasteiger partial charge in [0.25, 0.3) is 0 Å². The van der Waals surface area contributed by atoms with Crippen LogP contribution in [0.2, 0.25) is 0 Å². The molecule has 2 rings (SSSR count). The molecule has 1 saturated heterocycles. The zero-order chi connectivity index (χ0) is 19.3. The van der Waals surface area contributed by atoms with Gasteiger partial charge in [0.2, 0.25) is 11.8 Å². The molecule has 0 radical (unpaired) electrons. The summed E-state index contributed by atoms with van der Waals surface area (Å²) in [6, 6.07) is 2.35. The molecule has 0 saturated carbocycles. The minimum absolute atomic E-state index is 0.117. The van der Waals surface area contributed by atoms with Crippen molar-refractivity contribution in [3.05, 3.63) is 53.6 Å². The van der Waals surface area contributed by atoms with Gasteiger partial charge < -0.3 is 10.2 Å². The van der Waals surface area contributed by atoms with Crippen molar-refractivity contribution in [1.29, 1.82) is 0 Å². The number of carbonyl (C=O) groups is 2. The van der Waals surface area contributed by atoms with E-state index in [9.17, 15) is 18.4 Å². The third kappa shape index (κ3) is 5.00. The summed E-state index contributed by atoms with van der Waals surface area (Å²) in [5, 5.41) is 2.90. The number of benzene rings is 1. The lowest BCUT2D eigenvalue weighted by atomic mass is 9.98. The standard InChI is InChI=1S/C20H24F2N2O2/c1-4-5-16-12-24(18(10-13(2)3)20(26)23-16)19(25)9-7-14-6-8-15(21)11-17(14)22/h4-9,11,13,16,18H,10,12H2,1-3H3,(H,23,26)/b5-4+,9-7+/t16-,18-/m0/s1. The van der Waals surface area contributed by atoms with Crippen LogP contribution in [0.4, 0.5) is 8.78 Å². The van der Waals surface area contributed by atoms with E-state index in [1.54, 1.807) is 0 Å². The quantitative estimate of drug-likeness (QED) is 0.645. The van der Waals surface area contributed by atoms with Crippen LogP contribution in [0.3, 0.4) is 0 Å². The molecule has 0 aromatic heterocycles. The van der Waals surface area contributed by atoms with Crippen LogP contribution < -0.4 is 5.32 Å². The normalized spacial score (nSPS) is 21.0. The monoisotopic (exact) mass is 362 g/mol. The first-order valence-electron chi connectivity index (χ1n) is 8.68. The highest BCUT2D eigenvalue weighted by Gasteiger charge is 2.35. The highest BCUT2D eigenvalue weighted by atomic mass is 19.1. The zero-order valence-electron chi connectivity index (χ0n) is 15.2. The molecule has 1 aliphatic heterocycles. The predicted molar refractivity (Wildman–Crippen MR) is 97.1 cm³/mol. The molecule has 6 heteroatoms. The van der Waals surface area contributed by atoms with E-state index in [0.717, 1.165) is 12.1 Å². The van der Waals surface area contributed by atoms with Gasteiger partial charge in [0.1, 0.15) is 17.7 Å². The summed E-state index contributed by atoms with van der Waals surface area (Å²) >= 11 is 0. The van der Waals surface area contributed by atoms with Crippen LogP contribution in [0.15, 0.2) is 36.4 Å². The van der Waals surface area contributed by atoms with Gasteiger partial charge in [0.15, 0.2) is 0 Å². The van der Waals surface area contributed by atoms with E-state index in [4.69, 9.17) is 0 Å². The summed E-state index contributed by atoms with van der Waals surface area (Å²) in [5.74, 6) is -1.75. The summed E-state index contributed by atoms with van der Waals surface area (Å²) in [5.41, 5.74) is 0.117. The van der Waals surface area contributed by atoms with E-state index in [1.807, 2.05) is 32.9 Å². The maximum atomic E-state index is 13.7. The lowest BCUT2D eigenvalue weighted by molar-refractivity contribution is -0.141. The molecule has 0 spiro atoms. The van der Waals surface area contributed by atoms with Gasteiger partial charge in [-0.1, -0.05) is 26.0 Å². The number of halogens is 2. The smallest absolute Gasteiger partial charge is 0.247 e. The second-order valence-electron chi connectivity index (χ2n) is 6.78. The van der Waals surface area contributed by atoms with Crippen LogP contribution in [0.5, 0.6) is 0 Å². The molecule has 1 aromatic carbocycles. The van der Waals surface area contributed by atoms with Gasteiger partial charge in [-0.25, -0.2) is 8.78 Å². The van der Waals surface area contributed by atoms with Crippen LogP contribution >= 0.6 is 0 Å². The maximum Gasteiger partial charge on any atom is 0.247 e. The molecular formula is C20H24F2N2O2. The fourth-order valence-corrected chi connectivity index (χ4v) is 2.96. The molecule has 1 N–H and O–H groups in total. The van der Waals surface area contributed by atoms with Gasteiger partial charge in [-0.15, -0.1) is 0 Å². The van der Waals surface area contributed by atoms with Gasteiger partial charge in [-0.2, -0.15) is 0 Å². The Balaban J connectivity index is 2.22. The summed E-state index contributed by atoms with van der Waals surface area (Å²) < 4.78 is 26.7. The van der Waals surface area contributed by atoms with Crippen molar-refractivity contribution in [2.45, 2.75) is 39.3 Å². The Morgan fingerprint density at radius 3 is 2.73 bits per heavy atom. The molecule has 2 amide bonds. The molecule has 0 bridgehead atoms. The molecule has 1 aromatic rings. The van der Waals surface area contributed by atoms with Crippen molar-refractivity contribution in [2.24, 2.45) is 5.92 Å². The number of hydrogen-bond donors (Lipinski definition) is 1. The number of rotatable bonds is 5. The topological polar surface area (TPSA) is 49.4 Å². The Morgan fingerprint density at radius 2 is 2.12 bits per heavy atom. The number of amides is 2. The minimum Gasteiger partial charge on any atom is -0.346 e. The van der Waals surface area contributed by atoms with Gasteiger partial charge in [-0.3, -0.25) is 9.59 Å². The Hall–Kier alpha value is -2.50. The lowest BCUT2D eigenvalue weighted by Crippen LogP contribution is -2.61. The Bertz CT molecular complexity index is 729. The first-order valence-corrected chi connectivity index (χ1v) is 8.68. The third-order valence-electron chi connectivity index (χ3n) is 4.17. The fourth-order valence-electron chi connectivity index (χ4n) is 2.96. The number of carbonyl (C=O) groups excluding carboxylic acids is 2.